The molecular formula is C27H28F2N4O2. The maximum Gasteiger partial charge on any atom is 0.227 e. The van der Waals surface area contributed by atoms with Gasteiger partial charge in [-0.15, -0.1) is 0 Å². The molecule has 35 heavy (non-hydrogen) atoms. The molecule has 3 aromatic rings. The van der Waals surface area contributed by atoms with Crippen LogP contribution < -0.4 is 4.84 Å². The number of carbonyl (C=O) groups excluding carboxylic acids is 1. The summed E-state index contributed by atoms with van der Waals surface area (Å²) in [5, 5.41) is 4.30. The van der Waals surface area contributed by atoms with Crippen molar-refractivity contribution in [3.8, 4) is 5.75 Å². The molecule has 0 aliphatic carbocycles. The highest BCUT2D eigenvalue weighted by Crippen LogP contribution is 2.30. The van der Waals surface area contributed by atoms with Crippen LogP contribution in [-0.2, 0) is 11.2 Å². The fraction of sp³-hybridized carbons (Fsp3) is 0.333. The zero-order valence-electron chi connectivity index (χ0n) is 20.1. The van der Waals surface area contributed by atoms with Crippen LogP contribution in [0.25, 0.3) is 0 Å². The first-order chi connectivity index (χ1) is 16.8. The largest absolute Gasteiger partial charge is 0.357 e. The van der Waals surface area contributed by atoms with Gasteiger partial charge in [0.2, 0.25) is 5.91 Å². The topological polar surface area (TPSA) is 67.7 Å². The Bertz CT molecular complexity index is 1230. The van der Waals surface area contributed by atoms with Crippen molar-refractivity contribution in [2.24, 2.45) is 5.16 Å². The standard InChI is InChI=1S/C27H28F2N4O2/c1-17-6-4-7-21(14-17)35-32-18(2)23-16-30-19(3)31-27(23)20-10-12-33(13-11-20)26(34)15-22-24(28)8-5-9-25(22)29/h4-9,14,16,20H,10-13,15H2,1-3H3/b32-18-. The van der Waals surface area contributed by atoms with Crippen LogP contribution in [0.15, 0.2) is 53.8 Å². The van der Waals surface area contributed by atoms with Gasteiger partial charge in [0.25, 0.3) is 0 Å². The van der Waals surface area contributed by atoms with Gasteiger partial charge in [-0.3, -0.25) is 4.79 Å². The summed E-state index contributed by atoms with van der Waals surface area (Å²) in [6.45, 7) is 6.65. The van der Waals surface area contributed by atoms with Crippen LogP contribution in [0.3, 0.4) is 0 Å². The van der Waals surface area contributed by atoms with Gasteiger partial charge in [-0.2, -0.15) is 0 Å². The molecule has 2 aromatic carbocycles. The number of nitrogens with zero attached hydrogens (tertiary/aromatic N) is 4. The van der Waals surface area contributed by atoms with E-state index in [0.29, 0.717) is 43.2 Å². The molecule has 0 saturated carbocycles. The van der Waals surface area contributed by atoms with E-state index in [-0.39, 0.29) is 23.8 Å². The van der Waals surface area contributed by atoms with E-state index in [9.17, 15) is 13.6 Å². The molecule has 1 saturated heterocycles. The highest BCUT2D eigenvalue weighted by atomic mass is 19.1. The molecule has 1 aliphatic heterocycles. The van der Waals surface area contributed by atoms with E-state index in [4.69, 9.17) is 9.82 Å². The summed E-state index contributed by atoms with van der Waals surface area (Å²) in [7, 11) is 0. The van der Waals surface area contributed by atoms with Crippen LogP contribution in [-0.4, -0.2) is 39.6 Å². The van der Waals surface area contributed by atoms with Gasteiger partial charge in [0, 0.05) is 36.3 Å². The Morgan fingerprint density at radius 3 is 2.49 bits per heavy atom. The summed E-state index contributed by atoms with van der Waals surface area (Å²) in [5.74, 6) is -0.267. The highest BCUT2D eigenvalue weighted by molar-refractivity contribution is 5.99. The van der Waals surface area contributed by atoms with Gasteiger partial charge >= 0.3 is 0 Å². The van der Waals surface area contributed by atoms with E-state index < -0.39 is 11.6 Å². The Kier molecular flexibility index (Phi) is 7.48. The number of aryl methyl sites for hydroxylation is 2. The molecule has 1 aromatic heterocycles. The van der Waals surface area contributed by atoms with Crippen molar-refractivity contribution in [2.75, 3.05) is 13.1 Å². The number of carbonyl (C=O) groups is 1. The molecule has 0 atom stereocenters. The number of oxime groups is 1. The van der Waals surface area contributed by atoms with Crippen LogP contribution in [0, 0.1) is 25.5 Å². The predicted molar refractivity (Wildman–Crippen MR) is 129 cm³/mol. The summed E-state index contributed by atoms with van der Waals surface area (Å²) in [5.41, 5.74) is 3.23. The molecule has 0 bridgehead atoms. The second kappa shape index (κ2) is 10.7. The molecule has 1 aliphatic rings. The number of benzene rings is 2. The molecule has 0 spiro atoms. The third-order valence-electron chi connectivity index (χ3n) is 6.23. The Morgan fingerprint density at radius 1 is 1.11 bits per heavy atom. The summed E-state index contributed by atoms with van der Waals surface area (Å²) in [6.07, 6.45) is 2.83. The summed E-state index contributed by atoms with van der Waals surface area (Å²) < 4.78 is 27.9. The Hall–Kier alpha value is -3.68. The SMILES string of the molecule is C/C(=N/Oc1cccc(C)c1)c1cnc(C)nc1C1CCN(C(=O)Cc2c(F)cccc2F)CC1. The molecule has 1 amide bonds. The van der Waals surface area contributed by atoms with Crippen LogP contribution in [0.2, 0.25) is 0 Å². The molecular weight excluding hydrogens is 450 g/mol. The van der Waals surface area contributed by atoms with Crippen molar-refractivity contribution in [1.82, 2.24) is 14.9 Å². The number of aromatic nitrogens is 2. The first-order valence-electron chi connectivity index (χ1n) is 11.6. The normalized spacial score (nSPS) is 14.8. The molecule has 4 rings (SSSR count). The van der Waals surface area contributed by atoms with Crippen molar-refractivity contribution in [2.45, 2.75) is 46.0 Å². The molecule has 0 N–H and O–H groups in total. The molecule has 182 valence electrons. The number of rotatable bonds is 6. The minimum Gasteiger partial charge on any atom is -0.357 e. The van der Waals surface area contributed by atoms with E-state index in [1.54, 1.807) is 11.1 Å². The quantitative estimate of drug-likeness (QED) is 0.364. The summed E-state index contributed by atoms with van der Waals surface area (Å²) in [4.78, 5) is 29.0. The van der Waals surface area contributed by atoms with Gasteiger partial charge in [-0.1, -0.05) is 23.4 Å². The lowest BCUT2D eigenvalue weighted by molar-refractivity contribution is -0.131. The van der Waals surface area contributed by atoms with E-state index in [0.717, 1.165) is 16.8 Å². The smallest absolute Gasteiger partial charge is 0.227 e. The van der Waals surface area contributed by atoms with Gasteiger partial charge in [0.15, 0.2) is 5.75 Å². The number of hydrogen-bond acceptors (Lipinski definition) is 5. The molecule has 1 fully saturated rings. The van der Waals surface area contributed by atoms with E-state index >= 15 is 0 Å². The zero-order chi connectivity index (χ0) is 24.9. The van der Waals surface area contributed by atoms with Crippen LogP contribution in [0.4, 0.5) is 8.78 Å². The lowest BCUT2D eigenvalue weighted by Gasteiger charge is -2.32. The number of hydrogen-bond donors (Lipinski definition) is 0. The third-order valence-corrected chi connectivity index (χ3v) is 6.23. The lowest BCUT2D eigenvalue weighted by Crippen LogP contribution is -2.39. The van der Waals surface area contributed by atoms with Crippen molar-refractivity contribution >= 4 is 11.6 Å². The number of piperidine rings is 1. The van der Waals surface area contributed by atoms with Crippen LogP contribution >= 0.6 is 0 Å². The first-order valence-corrected chi connectivity index (χ1v) is 11.6. The average molecular weight is 479 g/mol. The fourth-order valence-corrected chi connectivity index (χ4v) is 4.29. The third kappa shape index (κ3) is 5.88. The lowest BCUT2D eigenvalue weighted by atomic mass is 9.89. The maximum absolute atomic E-state index is 14.0. The number of amides is 1. The highest BCUT2D eigenvalue weighted by Gasteiger charge is 2.28. The van der Waals surface area contributed by atoms with Gasteiger partial charge in [-0.25, -0.2) is 18.7 Å². The van der Waals surface area contributed by atoms with Crippen LogP contribution in [0.5, 0.6) is 5.75 Å². The predicted octanol–water partition coefficient (Wildman–Crippen LogP) is 5.12. The molecule has 6 nitrogen and oxygen atoms in total. The number of halogens is 2. The van der Waals surface area contributed by atoms with E-state index in [1.165, 1.54) is 18.2 Å². The van der Waals surface area contributed by atoms with E-state index in [1.807, 2.05) is 45.0 Å². The fourth-order valence-electron chi connectivity index (χ4n) is 4.29. The van der Waals surface area contributed by atoms with Gasteiger partial charge in [0.05, 0.1) is 17.8 Å². The Balaban J connectivity index is 1.45. The average Bonchev–Trinajstić information content (AvgIpc) is 2.85. The Morgan fingerprint density at radius 2 is 1.80 bits per heavy atom. The maximum atomic E-state index is 14.0. The summed E-state index contributed by atoms with van der Waals surface area (Å²) >= 11 is 0. The first kappa shape index (κ1) is 24.4. The monoisotopic (exact) mass is 478 g/mol. The molecule has 2 heterocycles. The van der Waals surface area contributed by atoms with Gasteiger partial charge in [-0.05, 0) is 63.4 Å². The zero-order valence-corrected chi connectivity index (χ0v) is 20.1. The van der Waals surface area contributed by atoms with Crippen molar-refractivity contribution in [1.29, 1.82) is 0 Å². The number of likely N-dealkylation sites (tertiary alicyclic amines) is 1. The van der Waals surface area contributed by atoms with Crippen LogP contribution in [0.1, 0.15) is 53.9 Å². The summed E-state index contributed by atoms with van der Waals surface area (Å²) in [6, 6.07) is 11.3. The van der Waals surface area contributed by atoms with E-state index in [2.05, 4.69) is 10.1 Å². The minimum absolute atomic E-state index is 0.102. The van der Waals surface area contributed by atoms with Crippen molar-refractivity contribution in [3.05, 3.63) is 88.5 Å². The Labute approximate surface area is 203 Å². The molecule has 0 radical (unpaired) electrons. The molecule has 8 heteroatoms. The minimum atomic E-state index is -0.697. The van der Waals surface area contributed by atoms with Gasteiger partial charge < -0.3 is 9.74 Å². The van der Waals surface area contributed by atoms with Gasteiger partial charge in [0.1, 0.15) is 17.5 Å². The second-order valence-electron chi connectivity index (χ2n) is 8.83. The molecule has 0 unspecified atom stereocenters. The van der Waals surface area contributed by atoms with Crippen molar-refractivity contribution in [3.63, 3.8) is 0 Å². The van der Waals surface area contributed by atoms with Crippen molar-refractivity contribution < 1.29 is 18.4 Å². The second-order valence-corrected chi connectivity index (χ2v) is 8.83.